The maximum absolute atomic E-state index is 13.1. The second-order valence-corrected chi connectivity index (χ2v) is 8.93. The Bertz CT molecular complexity index is 871. The van der Waals surface area contributed by atoms with Crippen molar-refractivity contribution >= 4 is 15.8 Å². The van der Waals surface area contributed by atoms with Crippen molar-refractivity contribution in [3.63, 3.8) is 0 Å². The highest BCUT2D eigenvalue weighted by molar-refractivity contribution is 7.88. The van der Waals surface area contributed by atoms with E-state index < -0.39 is 10.0 Å². The third kappa shape index (κ3) is 4.63. The molecule has 1 aliphatic heterocycles. The van der Waals surface area contributed by atoms with E-state index in [1.807, 2.05) is 62.4 Å². The molecule has 2 heterocycles. The second kappa shape index (κ2) is 8.33. The highest BCUT2D eigenvalue weighted by atomic mass is 32.2. The van der Waals surface area contributed by atoms with Gasteiger partial charge < -0.3 is 10.2 Å². The summed E-state index contributed by atoms with van der Waals surface area (Å²) in [4.78, 5) is 11.2. The zero-order valence-electron chi connectivity index (χ0n) is 16.1. The first kappa shape index (κ1) is 19.7. The van der Waals surface area contributed by atoms with E-state index in [9.17, 15) is 8.42 Å². The molecule has 1 atom stereocenters. The van der Waals surface area contributed by atoms with Gasteiger partial charge in [0.2, 0.25) is 10.0 Å². The molecule has 27 heavy (non-hydrogen) atoms. The number of hydrogen-bond donors (Lipinski definition) is 1. The molecule has 8 heteroatoms. The summed E-state index contributed by atoms with van der Waals surface area (Å²) >= 11 is 0. The molecule has 0 aliphatic carbocycles. The molecule has 0 amide bonds. The standard InChI is InChI=1S/C19H27N5O2S/c1-20-13-16-12-18(23(2)3)22-19(21-16)17-10-7-11-24(17)27(25,26)14-15-8-5-4-6-9-15/h4-6,8-9,12,17,20H,7,10-11,13-14H2,1-3H3. The SMILES string of the molecule is CNCc1cc(N(C)C)nc(C2CCCN2S(=O)(=O)Cc2ccccc2)n1. The van der Waals surface area contributed by atoms with Crippen molar-refractivity contribution in [3.8, 4) is 0 Å². The maximum Gasteiger partial charge on any atom is 0.218 e. The second-order valence-electron chi connectivity index (χ2n) is 7.01. The van der Waals surface area contributed by atoms with E-state index in [-0.39, 0.29) is 11.8 Å². The van der Waals surface area contributed by atoms with Crippen LogP contribution in [-0.2, 0) is 22.3 Å². The summed E-state index contributed by atoms with van der Waals surface area (Å²) in [5.74, 6) is 1.37. The van der Waals surface area contributed by atoms with Gasteiger partial charge in [-0.15, -0.1) is 0 Å². The highest BCUT2D eigenvalue weighted by Crippen LogP contribution is 2.34. The van der Waals surface area contributed by atoms with E-state index in [1.54, 1.807) is 4.31 Å². The van der Waals surface area contributed by atoms with Crippen LogP contribution in [0.1, 0.15) is 36.0 Å². The van der Waals surface area contributed by atoms with Crippen molar-refractivity contribution in [2.24, 2.45) is 0 Å². The molecule has 3 rings (SSSR count). The van der Waals surface area contributed by atoms with Crippen molar-refractivity contribution in [1.82, 2.24) is 19.6 Å². The number of nitrogens with one attached hydrogen (secondary N) is 1. The molecule has 1 saturated heterocycles. The van der Waals surface area contributed by atoms with Crippen LogP contribution in [0.2, 0.25) is 0 Å². The first-order chi connectivity index (χ1) is 12.9. The number of hydrogen-bond acceptors (Lipinski definition) is 6. The summed E-state index contributed by atoms with van der Waals surface area (Å²) in [6.45, 7) is 1.12. The van der Waals surface area contributed by atoms with Crippen LogP contribution in [-0.4, -0.2) is 50.4 Å². The fourth-order valence-electron chi connectivity index (χ4n) is 3.35. The Balaban J connectivity index is 1.91. The van der Waals surface area contributed by atoms with Gasteiger partial charge in [0.05, 0.1) is 17.5 Å². The molecule has 0 spiro atoms. The van der Waals surface area contributed by atoms with Crippen LogP contribution in [0.3, 0.4) is 0 Å². The number of anilines is 1. The van der Waals surface area contributed by atoms with Crippen LogP contribution in [0.5, 0.6) is 0 Å². The summed E-state index contributed by atoms with van der Waals surface area (Å²) in [5, 5.41) is 3.10. The van der Waals surface area contributed by atoms with Crippen molar-refractivity contribution in [3.05, 3.63) is 53.5 Å². The predicted molar refractivity (Wildman–Crippen MR) is 107 cm³/mol. The predicted octanol–water partition coefficient (Wildman–Crippen LogP) is 1.93. The summed E-state index contributed by atoms with van der Waals surface area (Å²) < 4.78 is 27.7. The Kier molecular flexibility index (Phi) is 6.08. The molecule has 1 fully saturated rings. The Morgan fingerprint density at radius 2 is 1.96 bits per heavy atom. The lowest BCUT2D eigenvalue weighted by Gasteiger charge is -2.24. The molecular weight excluding hydrogens is 362 g/mol. The van der Waals surface area contributed by atoms with Gasteiger partial charge in [0.25, 0.3) is 0 Å². The third-order valence-corrected chi connectivity index (χ3v) is 6.50. The van der Waals surface area contributed by atoms with Crippen LogP contribution in [0.25, 0.3) is 0 Å². The lowest BCUT2D eigenvalue weighted by Crippen LogP contribution is -2.33. The zero-order chi connectivity index (χ0) is 19.4. The number of aromatic nitrogens is 2. The fourth-order valence-corrected chi connectivity index (χ4v) is 5.13. The minimum absolute atomic E-state index is 0.00108. The van der Waals surface area contributed by atoms with E-state index >= 15 is 0 Å². The first-order valence-electron chi connectivity index (χ1n) is 9.14. The van der Waals surface area contributed by atoms with Gasteiger partial charge in [-0.25, -0.2) is 18.4 Å². The largest absolute Gasteiger partial charge is 0.363 e. The molecule has 2 aromatic rings. The molecule has 1 unspecified atom stereocenters. The molecule has 0 saturated carbocycles. The van der Waals surface area contributed by atoms with Gasteiger partial charge in [-0.05, 0) is 25.5 Å². The number of sulfonamides is 1. The Morgan fingerprint density at radius 3 is 2.63 bits per heavy atom. The van der Waals surface area contributed by atoms with Crippen molar-refractivity contribution in [2.75, 3.05) is 32.6 Å². The van der Waals surface area contributed by atoms with E-state index in [1.165, 1.54) is 0 Å². The van der Waals surface area contributed by atoms with E-state index in [2.05, 4.69) is 15.3 Å². The van der Waals surface area contributed by atoms with Crippen molar-refractivity contribution in [2.45, 2.75) is 31.2 Å². The first-order valence-corrected chi connectivity index (χ1v) is 10.7. The molecule has 7 nitrogen and oxygen atoms in total. The van der Waals surface area contributed by atoms with Crippen LogP contribution in [0.4, 0.5) is 5.82 Å². The molecule has 1 aromatic heterocycles. The normalized spacial score (nSPS) is 18.0. The molecule has 1 aromatic carbocycles. The smallest absolute Gasteiger partial charge is 0.218 e. The third-order valence-electron chi connectivity index (χ3n) is 4.65. The van der Waals surface area contributed by atoms with Gasteiger partial charge >= 0.3 is 0 Å². The molecular formula is C19H27N5O2S. The zero-order valence-corrected chi connectivity index (χ0v) is 16.9. The average Bonchev–Trinajstić information content (AvgIpc) is 3.13. The molecule has 0 bridgehead atoms. The highest BCUT2D eigenvalue weighted by Gasteiger charge is 2.37. The van der Waals surface area contributed by atoms with Crippen LogP contribution >= 0.6 is 0 Å². The van der Waals surface area contributed by atoms with E-state index in [4.69, 9.17) is 0 Å². The van der Waals surface area contributed by atoms with Crippen molar-refractivity contribution < 1.29 is 8.42 Å². The van der Waals surface area contributed by atoms with Crippen molar-refractivity contribution in [1.29, 1.82) is 0 Å². The topological polar surface area (TPSA) is 78.4 Å². The fraction of sp³-hybridized carbons (Fsp3) is 0.474. The van der Waals surface area contributed by atoms with Crippen LogP contribution in [0, 0.1) is 0 Å². The number of benzene rings is 1. The van der Waals surface area contributed by atoms with Gasteiger partial charge in [0.1, 0.15) is 11.6 Å². The van der Waals surface area contributed by atoms with E-state index in [0.717, 1.165) is 29.9 Å². The van der Waals surface area contributed by atoms with Crippen LogP contribution < -0.4 is 10.2 Å². The summed E-state index contributed by atoms with van der Waals surface area (Å²) in [7, 11) is 2.27. The van der Waals surface area contributed by atoms with Gasteiger partial charge in [-0.1, -0.05) is 30.3 Å². The molecule has 1 aliphatic rings. The molecule has 146 valence electrons. The minimum atomic E-state index is -3.44. The lowest BCUT2D eigenvalue weighted by molar-refractivity contribution is 0.382. The number of nitrogens with zero attached hydrogens (tertiary/aromatic N) is 4. The molecule has 1 N–H and O–H groups in total. The Morgan fingerprint density at radius 1 is 1.22 bits per heavy atom. The molecule has 0 radical (unpaired) electrons. The quantitative estimate of drug-likeness (QED) is 0.780. The Labute approximate surface area is 161 Å². The van der Waals surface area contributed by atoms with Gasteiger partial charge in [0, 0.05) is 33.3 Å². The minimum Gasteiger partial charge on any atom is -0.363 e. The van der Waals surface area contributed by atoms with E-state index in [0.29, 0.717) is 18.9 Å². The van der Waals surface area contributed by atoms with Gasteiger partial charge in [0.15, 0.2) is 0 Å². The average molecular weight is 390 g/mol. The summed E-state index contributed by atoms with van der Waals surface area (Å²) in [5.41, 5.74) is 1.65. The summed E-state index contributed by atoms with van der Waals surface area (Å²) in [6, 6.07) is 10.9. The van der Waals surface area contributed by atoms with Crippen LogP contribution in [0.15, 0.2) is 36.4 Å². The van der Waals surface area contributed by atoms with Gasteiger partial charge in [-0.3, -0.25) is 0 Å². The van der Waals surface area contributed by atoms with Gasteiger partial charge in [-0.2, -0.15) is 4.31 Å². The number of rotatable bonds is 7. The maximum atomic E-state index is 13.1. The lowest BCUT2D eigenvalue weighted by atomic mass is 10.2. The monoisotopic (exact) mass is 389 g/mol. The Hall–Kier alpha value is -2.03. The summed E-state index contributed by atoms with van der Waals surface area (Å²) in [6.07, 6.45) is 1.56.